The topological polar surface area (TPSA) is 40.6 Å². The molecule has 0 spiro atoms. The van der Waals surface area contributed by atoms with Crippen LogP contribution in [0, 0.1) is 18.2 Å². The van der Waals surface area contributed by atoms with Gasteiger partial charge in [0.1, 0.15) is 12.4 Å². The Morgan fingerprint density at radius 1 is 1.10 bits per heavy atom. The van der Waals surface area contributed by atoms with Gasteiger partial charge in [0.2, 0.25) is 11.8 Å². The number of rotatable bonds is 8. The minimum absolute atomic E-state index is 0.0285. The lowest BCUT2D eigenvalue weighted by Gasteiger charge is -2.35. The molecule has 2 rings (SSSR count). The van der Waals surface area contributed by atoms with E-state index in [9.17, 15) is 14.0 Å². The molecule has 30 heavy (non-hydrogen) atoms. The number of hydrogen-bond acceptors (Lipinski definition) is 3. The maximum Gasteiger partial charge on any atom is 0.242 e. The molecular formula is C24H33FN2O2S. The summed E-state index contributed by atoms with van der Waals surface area (Å²) in [4.78, 5) is 31.0. The van der Waals surface area contributed by atoms with Gasteiger partial charge in [-0.15, -0.1) is 11.3 Å². The van der Waals surface area contributed by atoms with E-state index >= 15 is 0 Å². The summed E-state index contributed by atoms with van der Waals surface area (Å²) in [6.45, 7) is 12.5. The van der Waals surface area contributed by atoms with E-state index in [4.69, 9.17) is 0 Å². The normalized spacial score (nSPS) is 12.5. The number of benzene rings is 1. The van der Waals surface area contributed by atoms with E-state index < -0.39 is 5.41 Å². The van der Waals surface area contributed by atoms with E-state index in [0.717, 1.165) is 22.4 Å². The first-order chi connectivity index (χ1) is 14.0. The molecule has 0 saturated heterocycles. The van der Waals surface area contributed by atoms with Gasteiger partial charge in [-0.3, -0.25) is 9.59 Å². The van der Waals surface area contributed by atoms with Crippen molar-refractivity contribution in [2.24, 2.45) is 5.41 Å². The molecule has 1 heterocycles. The van der Waals surface area contributed by atoms with E-state index in [-0.39, 0.29) is 30.2 Å². The molecule has 0 bridgehead atoms. The quantitative estimate of drug-likeness (QED) is 0.560. The number of carbonyl (C=O) groups is 2. The number of carbonyl (C=O) groups excluding carboxylic acids is 2. The Kier molecular flexibility index (Phi) is 8.18. The maximum absolute atomic E-state index is 13.4. The van der Waals surface area contributed by atoms with Crippen molar-refractivity contribution in [2.75, 3.05) is 6.54 Å². The molecule has 1 unspecified atom stereocenters. The Morgan fingerprint density at radius 2 is 1.73 bits per heavy atom. The van der Waals surface area contributed by atoms with E-state index in [0.29, 0.717) is 13.1 Å². The third-order valence-electron chi connectivity index (χ3n) is 5.27. The molecule has 0 aliphatic rings. The molecule has 0 saturated carbocycles. The molecule has 0 aliphatic heterocycles. The van der Waals surface area contributed by atoms with Gasteiger partial charge in [-0.05, 0) is 55.0 Å². The van der Waals surface area contributed by atoms with Crippen LogP contribution in [0.1, 0.15) is 57.0 Å². The van der Waals surface area contributed by atoms with Crippen LogP contribution in [-0.2, 0) is 22.7 Å². The minimum Gasteiger partial charge on any atom is -0.332 e. The van der Waals surface area contributed by atoms with Crippen LogP contribution >= 0.6 is 11.3 Å². The van der Waals surface area contributed by atoms with Crippen LogP contribution in [0.5, 0.6) is 0 Å². The number of aryl methyl sites for hydroxylation is 1. The molecule has 0 fully saturated rings. The standard InChI is InChI=1S/C24H33FN2O2S/c1-7-18(3)27(23(29)24(4,5)6)16-22(28)26(15-21-17(2)12-13-30-21)14-19-8-10-20(25)11-9-19/h8-13,18H,7,14-16H2,1-6H3. The Bertz CT molecular complexity index is 855. The van der Waals surface area contributed by atoms with Crippen LogP contribution in [0.25, 0.3) is 0 Å². The highest BCUT2D eigenvalue weighted by Crippen LogP contribution is 2.23. The SMILES string of the molecule is CCC(C)N(CC(=O)N(Cc1ccc(F)cc1)Cc1sccc1C)C(=O)C(C)(C)C. The van der Waals surface area contributed by atoms with E-state index in [1.165, 1.54) is 12.1 Å². The Morgan fingerprint density at radius 3 is 2.23 bits per heavy atom. The van der Waals surface area contributed by atoms with Gasteiger partial charge in [-0.1, -0.05) is 39.8 Å². The fraction of sp³-hybridized carbons (Fsp3) is 0.500. The zero-order valence-electron chi connectivity index (χ0n) is 18.9. The highest BCUT2D eigenvalue weighted by molar-refractivity contribution is 7.10. The summed E-state index contributed by atoms with van der Waals surface area (Å²) in [5.41, 5.74) is 1.44. The number of amides is 2. The second-order valence-corrected chi connectivity index (χ2v) is 9.84. The summed E-state index contributed by atoms with van der Waals surface area (Å²) in [6, 6.07) is 8.21. The predicted octanol–water partition coefficient (Wildman–Crippen LogP) is 5.40. The zero-order chi connectivity index (χ0) is 22.5. The van der Waals surface area contributed by atoms with Crippen LogP contribution < -0.4 is 0 Å². The molecule has 164 valence electrons. The summed E-state index contributed by atoms with van der Waals surface area (Å²) < 4.78 is 13.3. The van der Waals surface area contributed by atoms with Crippen LogP contribution in [-0.4, -0.2) is 34.2 Å². The lowest BCUT2D eigenvalue weighted by Crippen LogP contribution is -2.49. The summed E-state index contributed by atoms with van der Waals surface area (Å²) >= 11 is 1.61. The number of halogens is 1. The first kappa shape index (κ1) is 24.1. The fourth-order valence-electron chi connectivity index (χ4n) is 3.11. The second kappa shape index (κ2) is 10.2. The Labute approximate surface area is 183 Å². The van der Waals surface area contributed by atoms with Crippen molar-refractivity contribution in [2.45, 2.75) is 67.1 Å². The average molecular weight is 433 g/mol. The second-order valence-electron chi connectivity index (χ2n) is 8.84. The summed E-state index contributed by atoms with van der Waals surface area (Å²) in [5.74, 6) is -0.436. The van der Waals surface area contributed by atoms with Crippen LogP contribution in [0.3, 0.4) is 0 Å². The Hall–Kier alpha value is -2.21. The molecule has 1 aromatic heterocycles. The minimum atomic E-state index is -0.560. The summed E-state index contributed by atoms with van der Waals surface area (Å²) in [6.07, 6.45) is 0.775. The number of nitrogens with zero attached hydrogens (tertiary/aromatic N) is 2. The molecule has 4 nitrogen and oxygen atoms in total. The average Bonchev–Trinajstić information content (AvgIpc) is 3.09. The van der Waals surface area contributed by atoms with Gasteiger partial charge in [-0.25, -0.2) is 4.39 Å². The third kappa shape index (κ3) is 6.39. The highest BCUT2D eigenvalue weighted by Gasteiger charge is 2.32. The largest absolute Gasteiger partial charge is 0.332 e. The van der Waals surface area contributed by atoms with Gasteiger partial charge < -0.3 is 9.80 Å². The van der Waals surface area contributed by atoms with Crippen molar-refractivity contribution < 1.29 is 14.0 Å². The number of thiophene rings is 1. The van der Waals surface area contributed by atoms with Gasteiger partial charge in [0.25, 0.3) is 0 Å². The fourth-order valence-corrected chi connectivity index (χ4v) is 4.03. The molecule has 1 atom stereocenters. The van der Waals surface area contributed by atoms with Gasteiger partial charge >= 0.3 is 0 Å². The third-order valence-corrected chi connectivity index (χ3v) is 6.28. The van der Waals surface area contributed by atoms with Crippen molar-refractivity contribution in [1.29, 1.82) is 0 Å². The monoisotopic (exact) mass is 432 g/mol. The van der Waals surface area contributed by atoms with Gasteiger partial charge in [0, 0.05) is 22.9 Å². The van der Waals surface area contributed by atoms with E-state index in [1.54, 1.807) is 33.3 Å². The number of hydrogen-bond donors (Lipinski definition) is 0. The van der Waals surface area contributed by atoms with Crippen molar-refractivity contribution in [3.05, 3.63) is 57.5 Å². The predicted molar refractivity (Wildman–Crippen MR) is 121 cm³/mol. The summed E-state index contributed by atoms with van der Waals surface area (Å²) in [5, 5.41) is 2.01. The lowest BCUT2D eigenvalue weighted by molar-refractivity contribution is -0.148. The molecule has 2 aromatic rings. The molecular weight excluding hydrogens is 399 g/mol. The Balaban J connectivity index is 2.28. The molecule has 1 aromatic carbocycles. The molecule has 2 amide bonds. The molecule has 0 radical (unpaired) electrons. The summed E-state index contributed by atoms with van der Waals surface area (Å²) in [7, 11) is 0. The van der Waals surface area contributed by atoms with Gasteiger partial charge in [0.15, 0.2) is 0 Å². The van der Waals surface area contributed by atoms with Crippen molar-refractivity contribution in [1.82, 2.24) is 9.80 Å². The van der Waals surface area contributed by atoms with E-state index in [2.05, 4.69) is 0 Å². The first-order valence-corrected chi connectivity index (χ1v) is 11.3. The smallest absolute Gasteiger partial charge is 0.242 e. The highest BCUT2D eigenvalue weighted by atomic mass is 32.1. The van der Waals surface area contributed by atoms with Crippen LogP contribution in [0.2, 0.25) is 0 Å². The first-order valence-electron chi connectivity index (χ1n) is 10.4. The van der Waals surface area contributed by atoms with Crippen molar-refractivity contribution in [3.63, 3.8) is 0 Å². The van der Waals surface area contributed by atoms with Gasteiger partial charge in [-0.2, -0.15) is 0 Å². The van der Waals surface area contributed by atoms with E-state index in [1.807, 2.05) is 53.0 Å². The molecule has 0 aliphatic carbocycles. The van der Waals surface area contributed by atoms with Crippen molar-refractivity contribution in [3.8, 4) is 0 Å². The van der Waals surface area contributed by atoms with Gasteiger partial charge in [0.05, 0.1) is 6.54 Å². The molecule has 6 heteroatoms. The van der Waals surface area contributed by atoms with Crippen LogP contribution in [0.4, 0.5) is 4.39 Å². The zero-order valence-corrected chi connectivity index (χ0v) is 19.7. The van der Waals surface area contributed by atoms with Crippen molar-refractivity contribution >= 4 is 23.2 Å². The lowest BCUT2D eigenvalue weighted by atomic mass is 9.93. The maximum atomic E-state index is 13.4. The van der Waals surface area contributed by atoms with Crippen LogP contribution in [0.15, 0.2) is 35.7 Å². The molecule has 0 N–H and O–H groups in total.